The van der Waals surface area contributed by atoms with Crippen LogP contribution in [-0.2, 0) is 16.8 Å². The van der Waals surface area contributed by atoms with Gasteiger partial charge in [0.25, 0.3) is 0 Å². The average molecular weight is 511 g/mol. The molecular weight excluding hydrogens is 457 g/mol. The van der Waals surface area contributed by atoms with Crippen molar-refractivity contribution in [3.05, 3.63) is 40.6 Å². The average Bonchev–Trinajstić information content (AvgIpc) is 2.71. The molecule has 1 aromatic heterocycles. The van der Waals surface area contributed by atoms with Crippen molar-refractivity contribution in [3.8, 4) is 0 Å². The monoisotopic (exact) mass is 510 g/mol. The van der Waals surface area contributed by atoms with Gasteiger partial charge in [0.15, 0.2) is 0 Å². The quantitative estimate of drug-likeness (QED) is 0.321. The molecule has 1 aromatic rings. The molecule has 0 aliphatic carbocycles. The minimum absolute atomic E-state index is 0. The van der Waals surface area contributed by atoms with Crippen LogP contribution in [0.25, 0.3) is 9.96 Å². The van der Waals surface area contributed by atoms with Crippen LogP contribution in [0.4, 0.5) is 0 Å². The van der Waals surface area contributed by atoms with E-state index in [0.29, 0.717) is 0 Å². The van der Waals surface area contributed by atoms with Crippen LogP contribution in [0.5, 0.6) is 0 Å². The van der Waals surface area contributed by atoms with Gasteiger partial charge in [0.05, 0.1) is 0 Å². The molecule has 0 unspecified atom stereocenters. The summed E-state index contributed by atoms with van der Waals surface area (Å²) in [5.74, 6) is 0. The minimum atomic E-state index is -1.23. The molecule has 0 bridgehead atoms. The second-order valence-electron chi connectivity index (χ2n) is 10.2. The fourth-order valence-corrected chi connectivity index (χ4v) is 10.5. The molecule has 6 heteroatoms. The molecule has 0 atom stereocenters. The van der Waals surface area contributed by atoms with E-state index in [1.165, 1.54) is 36.3 Å². The Balaban J connectivity index is -0.000000391. The summed E-state index contributed by atoms with van der Waals surface area (Å²) < 4.78 is 0. The van der Waals surface area contributed by atoms with E-state index in [1.807, 2.05) is 18.2 Å². The third-order valence-corrected chi connectivity index (χ3v) is 15.8. The van der Waals surface area contributed by atoms with Crippen molar-refractivity contribution >= 4 is 16.5 Å². The van der Waals surface area contributed by atoms with Crippen molar-refractivity contribution in [1.29, 1.82) is 0 Å². The van der Waals surface area contributed by atoms with Gasteiger partial charge < -0.3 is 9.96 Å². The maximum atomic E-state index is 5.03. The van der Waals surface area contributed by atoms with Crippen molar-refractivity contribution in [2.24, 2.45) is 0 Å². The number of hydrogen-bond acceptors (Lipinski definition) is 1. The predicted molar refractivity (Wildman–Crippen MR) is 145 cm³/mol. The fourth-order valence-electron chi connectivity index (χ4n) is 3.71. The molecule has 185 valence electrons. The standard InChI is InChI=1S/2C10H24NSi.C5H5N.Co/c2*1-7-12(8-2,9-3)11-10(4,5)6;1-2-4-6-5-3-1;/h2*7-9H2,1-6H3;1-5H;/q2*-1;;+2. The third-order valence-electron chi connectivity index (χ3n) is 5.66. The van der Waals surface area contributed by atoms with Crippen LogP contribution in [0.3, 0.4) is 0 Å². The van der Waals surface area contributed by atoms with E-state index in [1.54, 1.807) is 12.4 Å². The number of nitrogens with zero attached hydrogens (tertiary/aromatic N) is 3. The first kappa shape index (κ1) is 35.6. The minimum Gasteiger partial charge on any atom is -0.659 e. The van der Waals surface area contributed by atoms with E-state index in [9.17, 15) is 0 Å². The molecule has 1 radical (unpaired) electrons. The molecule has 3 nitrogen and oxygen atoms in total. The van der Waals surface area contributed by atoms with Gasteiger partial charge in [-0.1, -0.05) is 142 Å². The van der Waals surface area contributed by atoms with Crippen molar-refractivity contribution in [2.45, 2.75) is 130 Å². The molecule has 0 saturated carbocycles. The predicted octanol–water partition coefficient (Wildman–Crippen LogP) is 9.41. The van der Waals surface area contributed by atoms with Crippen LogP contribution < -0.4 is 0 Å². The van der Waals surface area contributed by atoms with Crippen LogP contribution in [0.2, 0.25) is 36.3 Å². The Kier molecular flexibility index (Phi) is 20.1. The molecule has 31 heavy (non-hydrogen) atoms. The summed E-state index contributed by atoms with van der Waals surface area (Å²) in [6.07, 6.45) is 3.50. The maximum Gasteiger partial charge on any atom is 2.00 e. The normalized spacial score (nSPS) is 12.0. The zero-order valence-corrected chi connectivity index (χ0v) is 25.8. The molecule has 0 amide bonds. The molecule has 0 saturated heterocycles. The van der Waals surface area contributed by atoms with E-state index in [0.717, 1.165) is 0 Å². The smallest absolute Gasteiger partial charge is 0.659 e. The molecule has 0 spiro atoms. The second-order valence-corrected chi connectivity index (χ2v) is 19.7. The van der Waals surface area contributed by atoms with Gasteiger partial charge in [-0.15, -0.1) is 11.1 Å². The molecule has 0 aromatic carbocycles. The van der Waals surface area contributed by atoms with Crippen molar-refractivity contribution < 1.29 is 16.8 Å². The van der Waals surface area contributed by atoms with Crippen molar-refractivity contribution in [2.75, 3.05) is 0 Å². The van der Waals surface area contributed by atoms with Gasteiger partial charge in [0.1, 0.15) is 0 Å². The Morgan fingerprint density at radius 3 is 0.871 bits per heavy atom. The van der Waals surface area contributed by atoms with E-state index in [2.05, 4.69) is 88.1 Å². The summed E-state index contributed by atoms with van der Waals surface area (Å²) in [5, 5.41) is 0. The first-order valence-electron chi connectivity index (χ1n) is 12.1. The van der Waals surface area contributed by atoms with E-state index in [-0.39, 0.29) is 27.9 Å². The molecule has 0 N–H and O–H groups in total. The van der Waals surface area contributed by atoms with Gasteiger partial charge in [0.2, 0.25) is 0 Å². The number of pyridine rings is 1. The molecular formula is C25H53CoN3Si2. The zero-order chi connectivity index (χ0) is 23.9. The van der Waals surface area contributed by atoms with Gasteiger partial charge in [0, 0.05) is 12.4 Å². The van der Waals surface area contributed by atoms with Gasteiger partial charge >= 0.3 is 16.8 Å². The Morgan fingerprint density at radius 1 is 0.548 bits per heavy atom. The number of hydrogen-bond donors (Lipinski definition) is 0. The fraction of sp³-hybridized carbons (Fsp3) is 0.800. The third kappa shape index (κ3) is 18.2. The first-order valence-corrected chi connectivity index (χ1v) is 17.2. The number of rotatable bonds is 8. The summed E-state index contributed by atoms with van der Waals surface area (Å²) in [6.45, 7) is 27.1. The van der Waals surface area contributed by atoms with Gasteiger partial charge in [-0.05, 0) is 12.1 Å². The van der Waals surface area contributed by atoms with Crippen LogP contribution in [-0.4, -0.2) is 32.5 Å². The largest absolute Gasteiger partial charge is 2.00 e. The van der Waals surface area contributed by atoms with Crippen molar-refractivity contribution in [1.82, 2.24) is 4.98 Å². The zero-order valence-electron chi connectivity index (χ0n) is 22.8. The van der Waals surface area contributed by atoms with Crippen LogP contribution in [0.15, 0.2) is 30.6 Å². The SMILES string of the molecule is CC[Si](CC)(CC)[N-]C(C)(C)C.CC[Si](CC)(CC)[N-]C(C)(C)C.[Co+2].c1ccncc1. The molecule has 1 heterocycles. The summed E-state index contributed by atoms with van der Waals surface area (Å²) in [4.78, 5) is 13.9. The Bertz CT molecular complexity index is 431. The van der Waals surface area contributed by atoms with Crippen LogP contribution in [0, 0.1) is 0 Å². The number of aromatic nitrogens is 1. The van der Waals surface area contributed by atoms with Crippen molar-refractivity contribution in [3.63, 3.8) is 0 Å². The van der Waals surface area contributed by atoms with Crippen LogP contribution in [0.1, 0.15) is 83.1 Å². The maximum absolute atomic E-state index is 5.03. The van der Waals surface area contributed by atoms with E-state index < -0.39 is 16.5 Å². The molecule has 0 aliphatic heterocycles. The molecule has 0 fully saturated rings. The van der Waals surface area contributed by atoms with Gasteiger partial charge in [-0.2, -0.15) is 0 Å². The summed E-state index contributed by atoms with van der Waals surface area (Å²) in [7, 11) is -2.46. The van der Waals surface area contributed by atoms with Gasteiger partial charge in [-0.25, -0.2) is 0 Å². The first-order chi connectivity index (χ1) is 13.8. The second kappa shape index (κ2) is 17.5. The molecule has 0 aliphatic rings. The van der Waals surface area contributed by atoms with Crippen LogP contribution >= 0.6 is 0 Å². The topological polar surface area (TPSA) is 41.1 Å². The van der Waals surface area contributed by atoms with E-state index in [4.69, 9.17) is 9.96 Å². The summed E-state index contributed by atoms with van der Waals surface area (Å²) in [5.41, 5.74) is 0.350. The Hall–Kier alpha value is 0.0103. The summed E-state index contributed by atoms with van der Waals surface area (Å²) >= 11 is 0. The van der Waals surface area contributed by atoms with Gasteiger partial charge in [-0.3, -0.25) is 4.98 Å². The molecule has 1 rings (SSSR count). The Morgan fingerprint density at radius 2 is 0.806 bits per heavy atom. The summed E-state index contributed by atoms with van der Waals surface area (Å²) in [6, 6.07) is 13.5. The van der Waals surface area contributed by atoms with E-state index >= 15 is 0 Å². The Labute approximate surface area is 208 Å².